The topological polar surface area (TPSA) is 165 Å². The molecule has 0 amide bonds. The summed E-state index contributed by atoms with van der Waals surface area (Å²) >= 11 is 5.01. The van der Waals surface area contributed by atoms with Crippen LogP contribution in [0.4, 0.5) is 0 Å². The van der Waals surface area contributed by atoms with Crippen LogP contribution in [0.5, 0.6) is 0 Å². The van der Waals surface area contributed by atoms with E-state index in [2.05, 4.69) is 17.5 Å². The summed E-state index contributed by atoms with van der Waals surface area (Å²) in [6, 6.07) is 0. The molecule has 0 bridgehead atoms. The highest BCUT2D eigenvalue weighted by Gasteiger charge is 2.71. The second-order valence-corrected chi connectivity index (χ2v) is 14.6. The van der Waals surface area contributed by atoms with Crippen molar-refractivity contribution in [2.75, 3.05) is 13.7 Å². The Bertz CT molecular complexity index is 1190. The van der Waals surface area contributed by atoms with Gasteiger partial charge in [0.2, 0.25) is 0 Å². The van der Waals surface area contributed by atoms with Crippen molar-refractivity contribution < 1.29 is 39.1 Å². The molecule has 5 fully saturated rings. The number of aliphatic hydroxyl groups is 3. The smallest absolute Gasteiger partial charge is 0.331 e. The van der Waals surface area contributed by atoms with E-state index in [-0.39, 0.29) is 41.0 Å². The van der Waals surface area contributed by atoms with Crippen LogP contribution in [0.25, 0.3) is 0 Å². The van der Waals surface area contributed by atoms with Gasteiger partial charge in [-0.15, -0.1) is 0 Å². The predicted molar refractivity (Wildman–Crippen MR) is 161 cm³/mol. The summed E-state index contributed by atoms with van der Waals surface area (Å²) in [7, 11) is 1.58. The summed E-state index contributed by atoms with van der Waals surface area (Å²) in [5.41, 5.74) is 6.21. The van der Waals surface area contributed by atoms with Gasteiger partial charge in [-0.25, -0.2) is 4.79 Å². The van der Waals surface area contributed by atoms with Crippen LogP contribution in [0.3, 0.4) is 0 Å². The summed E-state index contributed by atoms with van der Waals surface area (Å²) in [5, 5.41) is 40.1. The fourth-order valence-electron chi connectivity index (χ4n) is 10.2. The van der Waals surface area contributed by atoms with Gasteiger partial charge >= 0.3 is 5.97 Å². The van der Waals surface area contributed by atoms with Crippen LogP contribution in [-0.4, -0.2) is 88.2 Å². The Hall–Kier alpha value is -1.67. The van der Waals surface area contributed by atoms with E-state index in [4.69, 9.17) is 36.9 Å². The third-order valence-corrected chi connectivity index (χ3v) is 12.5. The third-order valence-electron chi connectivity index (χ3n) is 12.4. The van der Waals surface area contributed by atoms with E-state index in [0.29, 0.717) is 51.6 Å². The van der Waals surface area contributed by atoms with Gasteiger partial charge in [-0.1, -0.05) is 6.92 Å². The minimum Gasteiger partial charge on any atom is -0.458 e. The molecule has 12 heteroatoms. The van der Waals surface area contributed by atoms with Crippen molar-refractivity contribution in [3.05, 3.63) is 11.6 Å². The minimum absolute atomic E-state index is 0.0182. The number of rotatable bonds is 6. The zero-order valence-electron chi connectivity index (χ0n) is 25.4. The van der Waals surface area contributed by atoms with Gasteiger partial charge in [-0.3, -0.25) is 5.43 Å². The van der Waals surface area contributed by atoms with E-state index in [1.165, 1.54) is 0 Å². The Balaban J connectivity index is 1.27. The maximum absolute atomic E-state index is 12.6. The molecule has 0 aromatic rings. The molecule has 0 unspecified atom stereocenters. The molecular formula is C31H47N3O8S. The van der Waals surface area contributed by atoms with Gasteiger partial charge in [0.05, 0.1) is 29.5 Å². The zero-order chi connectivity index (χ0) is 30.8. The number of aliphatic hydroxyl groups excluding tert-OH is 1. The summed E-state index contributed by atoms with van der Waals surface area (Å²) in [5.74, 6) is -0.277. The van der Waals surface area contributed by atoms with Crippen LogP contribution in [0, 0.1) is 28.6 Å². The highest BCUT2D eigenvalue weighted by molar-refractivity contribution is 7.80. The highest BCUT2D eigenvalue weighted by Crippen LogP contribution is 2.70. The van der Waals surface area contributed by atoms with E-state index >= 15 is 0 Å². The molecule has 240 valence electrons. The maximum atomic E-state index is 12.6. The lowest BCUT2D eigenvalue weighted by atomic mass is 9.41. The van der Waals surface area contributed by atoms with Crippen LogP contribution < -0.4 is 11.2 Å². The van der Waals surface area contributed by atoms with Crippen molar-refractivity contribution in [3.8, 4) is 0 Å². The number of fused-ring (bicyclic) bond motifs is 5. The van der Waals surface area contributed by atoms with Crippen molar-refractivity contribution in [1.29, 1.82) is 0 Å². The van der Waals surface area contributed by atoms with Gasteiger partial charge in [-0.05, 0) is 93.8 Å². The molecule has 4 saturated carbocycles. The van der Waals surface area contributed by atoms with Crippen LogP contribution in [0.15, 0.2) is 16.8 Å². The van der Waals surface area contributed by atoms with Crippen molar-refractivity contribution in [2.45, 2.75) is 120 Å². The monoisotopic (exact) mass is 621 g/mol. The number of cyclic esters (lactones) is 1. The fraction of sp³-hybridized carbons (Fsp3) is 0.839. The number of hydrogen-bond donors (Lipinski definition) is 5. The Morgan fingerprint density at radius 3 is 2.65 bits per heavy atom. The number of methoxy groups -OCH3 is 1. The van der Waals surface area contributed by atoms with Crippen LogP contribution in [0.1, 0.15) is 78.1 Å². The fourth-order valence-corrected chi connectivity index (χ4v) is 10.3. The Morgan fingerprint density at radius 1 is 1.19 bits per heavy atom. The van der Waals surface area contributed by atoms with Gasteiger partial charge in [0.1, 0.15) is 12.7 Å². The molecule has 2 heterocycles. The number of ether oxygens (including phenoxy) is 4. The molecule has 2 aliphatic heterocycles. The molecule has 0 radical (unpaired) electrons. The van der Waals surface area contributed by atoms with Crippen LogP contribution in [-0.2, 0) is 23.7 Å². The van der Waals surface area contributed by atoms with E-state index in [9.17, 15) is 20.1 Å². The summed E-state index contributed by atoms with van der Waals surface area (Å²) < 4.78 is 23.1. The van der Waals surface area contributed by atoms with Gasteiger partial charge < -0.3 is 40.0 Å². The third kappa shape index (κ3) is 4.96. The molecule has 0 spiro atoms. The molecule has 0 aromatic carbocycles. The lowest BCUT2D eigenvalue weighted by Crippen LogP contribution is -2.69. The average Bonchev–Trinajstić information content (AvgIpc) is 3.50. The first-order valence-electron chi connectivity index (χ1n) is 15.8. The molecule has 1 saturated heterocycles. The summed E-state index contributed by atoms with van der Waals surface area (Å²) in [4.78, 5) is 11.9. The molecule has 6 rings (SSSR count). The number of nitrogens with two attached hydrogens (primary N) is 1. The predicted octanol–water partition coefficient (Wildman–Crippen LogP) is 2.05. The molecular weight excluding hydrogens is 574 g/mol. The average molecular weight is 622 g/mol. The number of hydrazone groups is 1. The second-order valence-electron chi connectivity index (χ2n) is 14.1. The normalized spacial score (nSPS) is 49.5. The van der Waals surface area contributed by atoms with Crippen LogP contribution in [0.2, 0.25) is 0 Å². The van der Waals surface area contributed by atoms with Gasteiger partial charge in [0, 0.05) is 43.1 Å². The number of nitrogens with one attached hydrogen (secondary N) is 1. The van der Waals surface area contributed by atoms with E-state index in [0.717, 1.165) is 24.8 Å². The molecule has 0 aromatic heterocycles. The van der Waals surface area contributed by atoms with E-state index in [1.807, 2.05) is 13.1 Å². The van der Waals surface area contributed by atoms with Gasteiger partial charge in [-0.2, -0.15) is 5.10 Å². The van der Waals surface area contributed by atoms with Gasteiger partial charge in [0.15, 0.2) is 11.4 Å². The molecule has 11 nitrogen and oxygen atoms in total. The number of carbonyl (C=O) groups excluding carboxylic acids is 1. The summed E-state index contributed by atoms with van der Waals surface area (Å²) in [6.45, 7) is 4.29. The zero-order valence-corrected chi connectivity index (χ0v) is 26.2. The molecule has 43 heavy (non-hydrogen) atoms. The van der Waals surface area contributed by atoms with Crippen molar-refractivity contribution in [2.24, 2.45) is 39.4 Å². The quantitative estimate of drug-likeness (QED) is 0.0969. The molecule has 6 aliphatic rings. The number of thiocarbonyl (C=S) groups is 1. The Kier molecular flexibility index (Phi) is 8.22. The maximum Gasteiger partial charge on any atom is 0.331 e. The molecule has 4 aliphatic carbocycles. The van der Waals surface area contributed by atoms with Crippen molar-refractivity contribution >= 4 is 29.5 Å². The van der Waals surface area contributed by atoms with E-state index < -0.39 is 40.5 Å². The first-order valence-corrected chi connectivity index (χ1v) is 16.2. The number of nitrogens with zero attached hydrogens (tertiary/aromatic N) is 1. The SMILES string of the molecule is CO[C@H]1C[C@H](O[C@@H]2CC[C@]3(/C=N\NC(N)=S)[C@H]4CC[C@]5(C)[C@H](C6=CC(=O)OC6)CC[C@]5(O)[C@H]4CC[C@]3(O)C2)O[C@H](C)[C@H]1O. The minimum atomic E-state index is -1.13. The van der Waals surface area contributed by atoms with Crippen molar-refractivity contribution in [3.63, 3.8) is 0 Å². The first kappa shape index (κ1) is 31.3. The molecule has 12 atom stereocenters. The van der Waals surface area contributed by atoms with Crippen LogP contribution >= 0.6 is 12.2 Å². The number of esters is 1. The number of carbonyl (C=O) groups is 1. The Morgan fingerprint density at radius 2 is 1.95 bits per heavy atom. The Labute approximate surface area is 258 Å². The van der Waals surface area contributed by atoms with E-state index in [1.54, 1.807) is 13.2 Å². The summed E-state index contributed by atoms with van der Waals surface area (Å²) in [6.07, 6.45) is 7.39. The lowest BCUT2D eigenvalue weighted by Gasteiger charge is -2.66. The number of hydrogen-bond acceptors (Lipinski definition) is 10. The standard InChI is InChI=1S/C31H47N3O8S/c1-17-26(36)23(39-3)13-25(41-17)42-19-4-9-29(16-33-34-27(32)43)21-5-8-28(2)20(18-12-24(35)40-15-18)7-11-31(28,38)22(21)6-10-30(29,37)14-19/h12,16-17,19-23,25-26,36-38H,4-11,13-15H2,1-3H3,(H3,32,34,43)/b33-16-/t17-,19-,20+,21+,22+,23+,25+,26-,28-,29+,30+,31+/m1/s1. The largest absolute Gasteiger partial charge is 0.458 e. The lowest BCUT2D eigenvalue weighted by molar-refractivity contribution is -0.284. The van der Waals surface area contributed by atoms with Crippen molar-refractivity contribution in [1.82, 2.24) is 5.43 Å². The van der Waals surface area contributed by atoms with Gasteiger partial charge in [0.25, 0.3) is 0 Å². The second kappa shape index (κ2) is 11.3. The first-order chi connectivity index (χ1) is 20.4. The highest BCUT2D eigenvalue weighted by atomic mass is 32.1. The molecule has 6 N–H and O–H groups in total.